The predicted octanol–water partition coefficient (Wildman–Crippen LogP) is 3.84. The molecule has 1 heterocycles. The van der Waals surface area contributed by atoms with E-state index in [0.717, 1.165) is 35.7 Å². The van der Waals surface area contributed by atoms with E-state index in [9.17, 15) is 32.3 Å². The molecule has 0 bridgehead atoms. The number of fused-ring (bicyclic) bond motifs is 1. The molecule has 0 spiro atoms. The van der Waals surface area contributed by atoms with Gasteiger partial charge in [0.05, 0.1) is 25.7 Å². The molecular formula is C33H45F3N4O7S. The topological polar surface area (TPSA) is 145 Å². The molecule has 3 rings (SSSR count). The molecule has 1 saturated heterocycles. The quantitative estimate of drug-likeness (QED) is 0.175. The lowest BCUT2D eigenvalue weighted by Gasteiger charge is -2.36. The first-order valence-corrected chi connectivity index (χ1v) is 17.0. The lowest BCUT2D eigenvalue weighted by atomic mass is 9.95. The number of rotatable bonds is 16. The molecule has 1 fully saturated rings. The second-order valence-electron chi connectivity index (χ2n) is 11.5. The minimum Gasteiger partial charge on any atom is -0.475 e. The fraction of sp³-hybridized carbons (Fsp3) is 0.545. The predicted molar refractivity (Wildman–Crippen MR) is 177 cm³/mol. The molecule has 3 N–H and O–H groups in total. The normalized spacial score (nSPS) is 16.3. The second kappa shape index (κ2) is 20.0. The number of carbonyl (C=O) groups excluding carboxylic acids is 4. The Morgan fingerprint density at radius 2 is 1.83 bits per heavy atom. The maximum Gasteiger partial charge on any atom is 0.490 e. The summed E-state index contributed by atoms with van der Waals surface area (Å²) in [5.74, 6) is -3.07. The Hall–Kier alpha value is -3.69. The van der Waals surface area contributed by atoms with Gasteiger partial charge in [0.25, 0.3) is 0 Å². The number of esters is 1. The molecule has 0 unspecified atom stereocenters. The largest absolute Gasteiger partial charge is 0.490 e. The molecule has 48 heavy (non-hydrogen) atoms. The maximum absolute atomic E-state index is 13.4. The first kappa shape index (κ1) is 40.5. The summed E-state index contributed by atoms with van der Waals surface area (Å²) in [6.45, 7) is 5.55. The molecule has 3 amide bonds. The van der Waals surface area contributed by atoms with E-state index in [2.05, 4.69) is 16.7 Å². The molecule has 11 nitrogen and oxygen atoms in total. The van der Waals surface area contributed by atoms with E-state index in [1.54, 1.807) is 11.8 Å². The average molecular weight is 699 g/mol. The second-order valence-corrected chi connectivity index (χ2v) is 12.5. The Morgan fingerprint density at radius 3 is 2.40 bits per heavy atom. The van der Waals surface area contributed by atoms with Crippen molar-refractivity contribution < 1.29 is 47.0 Å². The molecule has 1 aliphatic rings. The van der Waals surface area contributed by atoms with Gasteiger partial charge in [-0.05, 0) is 60.1 Å². The van der Waals surface area contributed by atoms with Crippen molar-refractivity contribution in [3.05, 3.63) is 48.0 Å². The smallest absolute Gasteiger partial charge is 0.475 e. The molecular weight excluding hydrogens is 653 g/mol. The Labute approximate surface area is 282 Å². The van der Waals surface area contributed by atoms with Crippen molar-refractivity contribution in [1.29, 1.82) is 0 Å². The number of nitrogens with zero attached hydrogens (tertiary/aromatic N) is 2. The molecule has 266 valence electrons. The summed E-state index contributed by atoms with van der Waals surface area (Å²) in [7, 11) is 1.31. The van der Waals surface area contributed by atoms with Crippen LogP contribution in [0.5, 0.6) is 0 Å². The van der Waals surface area contributed by atoms with Crippen molar-refractivity contribution in [2.75, 3.05) is 38.8 Å². The summed E-state index contributed by atoms with van der Waals surface area (Å²) < 4.78 is 36.7. The summed E-state index contributed by atoms with van der Waals surface area (Å²) in [4.78, 5) is 63.7. The summed E-state index contributed by atoms with van der Waals surface area (Å²) in [5.41, 5.74) is 1.03. The van der Waals surface area contributed by atoms with Crippen LogP contribution in [0.4, 0.5) is 13.2 Å². The number of hydrogen-bond acceptors (Lipinski definition) is 9. The Bertz CT molecular complexity index is 1370. The monoisotopic (exact) mass is 698 g/mol. The number of halogens is 3. The minimum absolute atomic E-state index is 0.00743. The first-order chi connectivity index (χ1) is 22.8. The number of methoxy groups -OCH3 is 1. The Morgan fingerprint density at radius 1 is 1.17 bits per heavy atom. The molecule has 0 radical (unpaired) electrons. The van der Waals surface area contributed by atoms with Gasteiger partial charge in [-0.15, -0.1) is 0 Å². The average Bonchev–Trinajstić information content (AvgIpc) is 3.61. The zero-order chi connectivity index (χ0) is 35.9. The van der Waals surface area contributed by atoms with Crippen molar-refractivity contribution in [2.45, 2.75) is 70.4 Å². The number of aliphatic carboxylic acids is 1. The highest BCUT2D eigenvalue weighted by molar-refractivity contribution is 7.98. The number of carboxylic acid groups (broad SMARTS) is 1. The number of thioether (sulfide) groups is 1. The van der Waals surface area contributed by atoms with Crippen LogP contribution in [0.15, 0.2) is 42.5 Å². The molecule has 4 atom stereocenters. The van der Waals surface area contributed by atoms with Gasteiger partial charge < -0.3 is 20.5 Å². The van der Waals surface area contributed by atoms with Gasteiger partial charge in [-0.3, -0.25) is 24.2 Å². The van der Waals surface area contributed by atoms with Gasteiger partial charge in [0.2, 0.25) is 18.2 Å². The zero-order valence-corrected chi connectivity index (χ0v) is 28.4. The minimum atomic E-state index is -5.08. The van der Waals surface area contributed by atoms with Crippen molar-refractivity contribution in [1.82, 2.24) is 20.4 Å². The first-order valence-electron chi connectivity index (χ1n) is 15.6. The van der Waals surface area contributed by atoms with Crippen LogP contribution in [0, 0.1) is 5.92 Å². The van der Waals surface area contributed by atoms with Crippen LogP contribution in [0.25, 0.3) is 10.8 Å². The number of benzene rings is 2. The van der Waals surface area contributed by atoms with E-state index in [4.69, 9.17) is 14.6 Å². The SMILES string of the molecule is CC[C@H](C)[C@@H](CN(CC(=O)N[C@@H](CCSC)C(=O)OC)Cc1cccc2ccccc12)N(C=O)C(=O)[C@@H]1CCCN1.O=C(O)C(F)(F)F. The molecule has 1 aliphatic heterocycles. The number of nitrogens with one attached hydrogen (secondary N) is 2. The van der Waals surface area contributed by atoms with E-state index >= 15 is 0 Å². The Kier molecular flexibility index (Phi) is 16.8. The highest BCUT2D eigenvalue weighted by Crippen LogP contribution is 2.23. The number of alkyl halides is 3. The molecule has 0 aliphatic carbocycles. The van der Waals surface area contributed by atoms with Crippen LogP contribution in [0.2, 0.25) is 0 Å². The summed E-state index contributed by atoms with van der Waals surface area (Å²) in [6, 6.07) is 12.6. The zero-order valence-electron chi connectivity index (χ0n) is 27.6. The third-order valence-corrected chi connectivity index (χ3v) is 8.79. The van der Waals surface area contributed by atoms with Crippen molar-refractivity contribution >= 4 is 52.7 Å². The van der Waals surface area contributed by atoms with Gasteiger partial charge in [-0.2, -0.15) is 24.9 Å². The summed E-state index contributed by atoms with van der Waals surface area (Å²) in [6.07, 6.45) is 0.309. The van der Waals surface area contributed by atoms with Crippen LogP contribution in [0.3, 0.4) is 0 Å². The number of imide groups is 1. The fourth-order valence-electron chi connectivity index (χ4n) is 5.37. The molecule has 2 aromatic rings. The van der Waals surface area contributed by atoms with E-state index in [1.165, 1.54) is 12.0 Å². The van der Waals surface area contributed by atoms with Gasteiger partial charge >= 0.3 is 18.1 Å². The highest BCUT2D eigenvalue weighted by atomic mass is 32.2. The van der Waals surface area contributed by atoms with E-state index in [1.807, 2.05) is 61.4 Å². The van der Waals surface area contributed by atoms with E-state index < -0.39 is 30.2 Å². The molecule has 2 aromatic carbocycles. The number of ether oxygens (including phenoxy) is 1. The molecule has 0 aromatic heterocycles. The van der Waals surface area contributed by atoms with Crippen LogP contribution in [-0.2, 0) is 35.3 Å². The van der Waals surface area contributed by atoms with Gasteiger partial charge in [0.1, 0.15) is 6.04 Å². The number of amides is 3. The fourth-order valence-corrected chi connectivity index (χ4v) is 5.85. The van der Waals surface area contributed by atoms with Crippen LogP contribution in [-0.4, -0.2) is 108 Å². The number of carbonyl (C=O) groups is 5. The van der Waals surface area contributed by atoms with Crippen molar-refractivity contribution in [2.24, 2.45) is 5.92 Å². The molecule has 0 saturated carbocycles. The standard InChI is InChI=1S/C31H44N4O5S.C2HF3O2/c1-5-22(2)28(35(21-36)30(38)26-14-9-16-32-26)19-34(18-24-12-8-11-23-10-6-7-13-25(23)24)20-29(37)33-27(15-17-41-4)31(39)40-3;3-2(4,5)1(6)7/h6-8,10-13,21-22,26-28,32H,5,9,14-20H2,1-4H3,(H,33,37);(H,6,7)/t22-,26-,27-,28+;/m0./s1. The summed E-state index contributed by atoms with van der Waals surface area (Å²) in [5, 5.41) is 15.4. The van der Waals surface area contributed by atoms with Crippen molar-refractivity contribution in [3.8, 4) is 0 Å². The van der Waals surface area contributed by atoms with Crippen LogP contribution in [0.1, 0.15) is 45.1 Å². The molecule has 15 heteroatoms. The lowest BCUT2D eigenvalue weighted by molar-refractivity contribution is -0.192. The third-order valence-electron chi connectivity index (χ3n) is 8.14. The van der Waals surface area contributed by atoms with Gasteiger partial charge in [0.15, 0.2) is 0 Å². The van der Waals surface area contributed by atoms with E-state index in [0.29, 0.717) is 38.1 Å². The van der Waals surface area contributed by atoms with Crippen molar-refractivity contribution in [3.63, 3.8) is 0 Å². The van der Waals surface area contributed by atoms with Crippen LogP contribution < -0.4 is 10.6 Å². The summed E-state index contributed by atoms with van der Waals surface area (Å²) >= 11 is 1.59. The number of carboxylic acids is 1. The van der Waals surface area contributed by atoms with Gasteiger partial charge in [0, 0.05) is 13.1 Å². The third kappa shape index (κ3) is 12.4. The maximum atomic E-state index is 13.4. The lowest BCUT2D eigenvalue weighted by Crippen LogP contribution is -2.55. The van der Waals surface area contributed by atoms with Crippen LogP contribution >= 0.6 is 11.8 Å². The van der Waals surface area contributed by atoms with Gasteiger partial charge in [-0.25, -0.2) is 9.59 Å². The Balaban J connectivity index is 0.00000103. The highest BCUT2D eigenvalue weighted by Gasteiger charge is 2.38. The number of hydrogen-bond donors (Lipinski definition) is 3. The van der Waals surface area contributed by atoms with Gasteiger partial charge in [-0.1, -0.05) is 62.7 Å². The van der Waals surface area contributed by atoms with E-state index in [-0.39, 0.29) is 30.3 Å².